The fourth-order valence-electron chi connectivity index (χ4n) is 2.57. The Bertz CT molecular complexity index is 879. The van der Waals surface area contributed by atoms with E-state index in [2.05, 4.69) is 17.1 Å². The van der Waals surface area contributed by atoms with Crippen LogP contribution in [0.1, 0.15) is 16.7 Å². The van der Waals surface area contributed by atoms with Crippen molar-refractivity contribution >= 4 is 34.3 Å². The summed E-state index contributed by atoms with van der Waals surface area (Å²) < 4.78 is 0. The Labute approximate surface area is 134 Å². The highest BCUT2D eigenvalue weighted by Gasteiger charge is 2.09. The van der Waals surface area contributed by atoms with Crippen molar-refractivity contribution in [1.82, 2.24) is 0 Å². The molecule has 0 spiro atoms. The summed E-state index contributed by atoms with van der Waals surface area (Å²) in [6.45, 7) is 3.76. The van der Waals surface area contributed by atoms with E-state index < -0.39 is 0 Å². The number of halogens is 1. The zero-order valence-corrected chi connectivity index (χ0v) is 13.2. The second-order valence-corrected chi connectivity index (χ2v) is 5.70. The van der Waals surface area contributed by atoms with Crippen LogP contribution in [0, 0.1) is 13.8 Å². The van der Waals surface area contributed by atoms with Crippen molar-refractivity contribution in [3.63, 3.8) is 0 Å². The number of hydrogen-bond acceptors (Lipinski definition) is 2. The summed E-state index contributed by atoms with van der Waals surface area (Å²) in [5.41, 5.74) is 3.22. The molecule has 0 saturated carbocycles. The molecule has 0 heterocycles. The highest BCUT2D eigenvalue weighted by molar-refractivity contribution is 6.32. The predicted molar refractivity (Wildman–Crippen MR) is 93.8 cm³/mol. The minimum atomic E-state index is 0.198. The minimum absolute atomic E-state index is 0.198. The number of phenols is 1. The molecule has 3 heteroatoms. The molecule has 0 aromatic heterocycles. The Kier molecular flexibility index (Phi) is 3.86. The van der Waals surface area contributed by atoms with Crippen LogP contribution in [-0.2, 0) is 0 Å². The number of phenolic OH excluding ortho intramolecular Hbond substituents is 1. The maximum atomic E-state index is 10.1. The third kappa shape index (κ3) is 2.58. The zero-order valence-electron chi connectivity index (χ0n) is 12.5. The number of hydrogen-bond donors (Lipinski definition) is 1. The van der Waals surface area contributed by atoms with Crippen LogP contribution < -0.4 is 0 Å². The summed E-state index contributed by atoms with van der Waals surface area (Å²) in [6, 6.07) is 15.7. The second-order valence-electron chi connectivity index (χ2n) is 5.32. The van der Waals surface area contributed by atoms with Crippen molar-refractivity contribution in [2.24, 2.45) is 4.99 Å². The van der Waals surface area contributed by atoms with Crippen LogP contribution in [-0.4, -0.2) is 11.3 Å². The third-order valence-corrected chi connectivity index (χ3v) is 4.39. The molecule has 0 fully saturated rings. The van der Waals surface area contributed by atoms with Gasteiger partial charge in [-0.2, -0.15) is 0 Å². The van der Waals surface area contributed by atoms with Crippen LogP contribution in [0.4, 0.5) is 5.69 Å². The fraction of sp³-hybridized carbons (Fsp3) is 0.105. The Morgan fingerprint density at radius 3 is 2.59 bits per heavy atom. The molecule has 0 aliphatic rings. The van der Waals surface area contributed by atoms with E-state index in [-0.39, 0.29) is 5.75 Å². The first-order valence-electron chi connectivity index (χ1n) is 7.08. The fourth-order valence-corrected chi connectivity index (χ4v) is 2.73. The lowest BCUT2D eigenvalue weighted by Gasteiger charge is -2.09. The quantitative estimate of drug-likeness (QED) is 0.617. The number of nitrogens with zero attached hydrogens (tertiary/aromatic N) is 1. The molecule has 22 heavy (non-hydrogen) atoms. The molecule has 0 amide bonds. The van der Waals surface area contributed by atoms with Crippen LogP contribution in [0.15, 0.2) is 53.5 Å². The first kappa shape index (κ1) is 14.6. The number of rotatable bonds is 2. The molecule has 0 radical (unpaired) electrons. The van der Waals surface area contributed by atoms with E-state index in [9.17, 15) is 5.11 Å². The van der Waals surface area contributed by atoms with E-state index in [1.54, 1.807) is 12.3 Å². The maximum Gasteiger partial charge on any atom is 0.124 e. The van der Waals surface area contributed by atoms with Crippen molar-refractivity contribution in [2.45, 2.75) is 13.8 Å². The first-order chi connectivity index (χ1) is 10.6. The van der Waals surface area contributed by atoms with Crippen LogP contribution in [0.3, 0.4) is 0 Å². The van der Waals surface area contributed by atoms with Crippen molar-refractivity contribution in [3.8, 4) is 5.75 Å². The van der Waals surface area contributed by atoms with Gasteiger partial charge in [0.2, 0.25) is 0 Å². The van der Waals surface area contributed by atoms with E-state index >= 15 is 0 Å². The molecule has 0 bridgehead atoms. The van der Waals surface area contributed by atoms with Gasteiger partial charge in [-0.15, -0.1) is 0 Å². The van der Waals surface area contributed by atoms with Gasteiger partial charge in [-0.05, 0) is 42.5 Å². The molecule has 0 unspecified atom stereocenters. The van der Waals surface area contributed by atoms with Gasteiger partial charge in [0.25, 0.3) is 0 Å². The number of benzene rings is 3. The molecule has 0 saturated heterocycles. The summed E-state index contributed by atoms with van der Waals surface area (Å²) in [5, 5.41) is 13.0. The summed E-state index contributed by atoms with van der Waals surface area (Å²) in [6.07, 6.45) is 1.68. The summed E-state index contributed by atoms with van der Waals surface area (Å²) in [5.74, 6) is 0.198. The molecule has 0 atom stereocenters. The van der Waals surface area contributed by atoms with Gasteiger partial charge in [-0.1, -0.05) is 48.0 Å². The molecular weight excluding hydrogens is 294 g/mol. The minimum Gasteiger partial charge on any atom is -0.507 e. The van der Waals surface area contributed by atoms with E-state index in [1.807, 2.05) is 44.2 Å². The lowest BCUT2D eigenvalue weighted by atomic mass is 10.0. The Hall–Kier alpha value is -2.32. The van der Waals surface area contributed by atoms with Gasteiger partial charge in [0.1, 0.15) is 5.75 Å². The SMILES string of the molecule is Cc1cc(O)c(C=Nc2cccc3ccccc23)c(C)c1Cl. The number of aryl methyl sites for hydroxylation is 1. The number of aromatic hydroxyl groups is 1. The highest BCUT2D eigenvalue weighted by Crippen LogP contribution is 2.31. The van der Waals surface area contributed by atoms with Crippen molar-refractivity contribution in [2.75, 3.05) is 0 Å². The standard InChI is InChI=1S/C19H16ClNO/c1-12-10-18(22)16(13(2)19(12)20)11-21-17-9-5-7-14-6-3-4-8-15(14)17/h3-11,22H,1-2H3. The lowest BCUT2D eigenvalue weighted by Crippen LogP contribution is -1.92. The van der Waals surface area contributed by atoms with E-state index in [0.717, 1.165) is 27.6 Å². The average Bonchev–Trinajstić information content (AvgIpc) is 2.53. The summed E-state index contributed by atoms with van der Waals surface area (Å²) >= 11 is 6.26. The van der Waals surface area contributed by atoms with E-state index in [4.69, 9.17) is 11.6 Å². The summed E-state index contributed by atoms with van der Waals surface area (Å²) in [7, 11) is 0. The van der Waals surface area contributed by atoms with Crippen molar-refractivity contribution in [1.29, 1.82) is 0 Å². The topological polar surface area (TPSA) is 32.6 Å². The molecule has 2 nitrogen and oxygen atoms in total. The molecule has 110 valence electrons. The van der Waals surface area contributed by atoms with Crippen LogP contribution in [0.25, 0.3) is 10.8 Å². The predicted octanol–water partition coefficient (Wildman–Crippen LogP) is 5.57. The largest absolute Gasteiger partial charge is 0.507 e. The second kappa shape index (κ2) is 5.82. The highest BCUT2D eigenvalue weighted by atomic mass is 35.5. The van der Waals surface area contributed by atoms with Crippen molar-refractivity contribution < 1.29 is 5.11 Å². The first-order valence-corrected chi connectivity index (χ1v) is 7.46. The Balaban J connectivity index is 2.10. The lowest BCUT2D eigenvalue weighted by molar-refractivity contribution is 0.473. The van der Waals surface area contributed by atoms with Crippen molar-refractivity contribution in [3.05, 3.63) is 70.2 Å². The number of aliphatic imine (C=N–C) groups is 1. The van der Waals surface area contributed by atoms with E-state index in [0.29, 0.717) is 10.6 Å². The van der Waals surface area contributed by atoms with Gasteiger partial charge in [-0.25, -0.2) is 0 Å². The van der Waals surface area contributed by atoms with Gasteiger partial charge in [0.15, 0.2) is 0 Å². The molecule has 3 aromatic rings. The molecule has 3 rings (SSSR count). The molecule has 0 aliphatic heterocycles. The van der Waals surface area contributed by atoms with E-state index in [1.165, 1.54) is 0 Å². The monoisotopic (exact) mass is 309 g/mol. The van der Waals surface area contributed by atoms with Gasteiger partial charge >= 0.3 is 0 Å². The van der Waals surface area contributed by atoms with Gasteiger partial charge in [0.05, 0.1) is 5.69 Å². The molecular formula is C19H16ClNO. The summed E-state index contributed by atoms with van der Waals surface area (Å²) in [4.78, 5) is 4.55. The van der Waals surface area contributed by atoms with Gasteiger partial charge < -0.3 is 5.11 Å². The van der Waals surface area contributed by atoms with Crippen LogP contribution in [0.2, 0.25) is 5.02 Å². The molecule has 3 aromatic carbocycles. The molecule has 0 aliphatic carbocycles. The maximum absolute atomic E-state index is 10.1. The van der Waals surface area contributed by atoms with Crippen LogP contribution in [0.5, 0.6) is 5.75 Å². The van der Waals surface area contributed by atoms with Gasteiger partial charge in [0, 0.05) is 22.2 Å². The average molecular weight is 310 g/mol. The smallest absolute Gasteiger partial charge is 0.124 e. The Morgan fingerprint density at radius 2 is 1.77 bits per heavy atom. The zero-order chi connectivity index (χ0) is 15.7. The van der Waals surface area contributed by atoms with Crippen LogP contribution >= 0.6 is 11.6 Å². The number of fused-ring (bicyclic) bond motifs is 1. The Morgan fingerprint density at radius 1 is 1.05 bits per heavy atom. The van der Waals surface area contributed by atoms with Gasteiger partial charge in [-0.3, -0.25) is 4.99 Å². The normalized spacial score (nSPS) is 11.4. The molecule has 1 N–H and O–H groups in total. The third-order valence-electron chi connectivity index (χ3n) is 3.81.